The fourth-order valence-electron chi connectivity index (χ4n) is 3.10. The molecule has 0 radical (unpaired) electrons. The van der Waals surface area contributed by atoms with Gasteiger partial charge in [0.25, 0.3) is 5.91 Å². The standard InChI is InChI=1S/C22H24ClN3O.ClH/c1-15(8-9-18-6-4-5-7-21(18)23)24-22(27)19-10-12-20(13-11-19)26-17(3)14-16(2)25-26;/h4-7,10-15H,8-9H2,1-3H3,(H,24,27);1H. The molecule has 148 valence electrons. The zero-order valence-electron chi connectivity index (χ0n) is 16.3. The van der Waals surface area contributed by atoms with Crippen molar-refractivity contribution >= 4 is 29.9 Å². The number of hydrogen-bond donors (Lipinski definition) is 1. The molecule has 0 aliphatic heterocycles. The summed E-state index contributed by atoms with van der Waals surface area (Å²) in [6.45, 7) is 6.00. The number of nitrogens with zero attached hydrogens (tertiary/aromatic N) is 2. The van der Waals surface area contributed by atoms with Gasteiger partial charge in [-0.3, -0.25) is 4.79 Å². The van der Waals surface area contributed by atoms with Crippen LogP contribution in [0.25, 0.3) is 5.69 Å². The molecular weight excluding hydrogens is 393 g/mol. The number of amides is 1. The maximum atomic E-state index is 12.5. The molecule has 4 nitrogen and oxygen atoms in total. The van der Waals surface area contributed by atoms with Crippen LogP contribution in [0.5, 0.6) is 0 Å². The van der Waals surface area contributed by atoms with Crippen LogP contribution in [0.2, 0.25) is 5.02 Å². The predicted octanol–water partition coefficient (Wildman–Crippen LogP) is 5.32. The van der Waals surface area contributed by atoms with Crippen LogP contribution in [0, 0.1) is 13.8 Å². The minimum absolute atomic E-state index is 0. The Kier molecular flexibility index (Phi) is 7.67. The van der Waals surface area contributed by atoms with Gasteiger partial charge in [-0.15, -0.1) is 12.4 Å². The van der Waals surface area contributed by atoms with Gasteiger partial charge in [0.05, 0.1) is 11.4 Å². The van der Waals surface area contributed by atoms with Gasteiger partial charge in [0, 0.05) is 22.3 Å². The number of carbonyl (C=O) groups excluding carboxylic acids is 1. The van der Waals surface area contributed by atoms with Crippen LogP contribution in [-0.4, -0.2) is 21.7 Å². The van der Waals surface area contributed by atoms with E-state index in [0.717, 1.165) is 40.5 Å². The summed E-state index contributed by atoms with van der Waals surface area (Å²) in [5.74, 6) is -0.0680. The average molecular weight is 418 g/mol. The Labute approximate surface area is 177 Å². The fraction of sp³-hybridized carbons (Fsp3) is 0.273. The number of rotatable bonds is 6. The molecule has 1 atom stereocenters. The Morgan fingerprint density at radius 3 is 2.43 bits per heavy atom. The van der Waals surface area contributed by atoms with E-state index in [1.54, 1.807) is 0 Å². The topological polar surface area (TPSA) is 46.9 Å². The van der Waals surface area contributed by atoms with E-state index in [9.17, 15) is 4.79 Å². The summed E-state index contributed by atoms with van der Waals surface area (Å²) >= 11 is 6.19. The Morgan fingerprint density at radius 2 is 1.82 bits per heavy atom. The van der Waals surface area contributed by atoms with E-state index in [-0.39, 0.29) is 24.4 Å². The Bertz CT molecular complexity index is 935. The number of nitrogens with one attached hydrogen (secondary N) is 1. The molecule has 0 bridgehead atoms. The molecule has 28 heavy (non-hydrogen) atoms. The Balaban J connectivity index is 0.00000280. The summed E-state index contributed by atoms with van der Waals surface area (Å²) in [6, 6.07) is 17.4. The van der Waals surface area contributed by atoms with Gasteiger partial charge in [0.2, 0.25) is 0 Å². The quantitative estimate of drug-likeness (QED) is 0.589. The number of halogens is 2. The lowest BCUT2D eigenvalue weighted by atomic mass is 10.1. The van der Waals surface area contributed by atoms with Gasteiger partial charge >= 0.3 is 0 Å². The first-order valence-corrected chi connectivity index (χ1v) is 9.50. The molecule has 6 heteroatoms. The molecule has 0 saturated carbocycles. The summed E-state index contributed by atoms with van der Waals surface area (Å²) in [5.41, 5.74) is 4.74. The molecule has 3 aromatic rings. The van der Waals surface area contributed by atoms with Crippen LogP contribution in [0.15, 0.2) is 54.6 Å². The molecule has 2 aromatic carbocycles. The summed E-state index contributed by atoms with van der Waals surface area (Å²) in [6.07, 6.45) is 1.66. The SMILES string of the molecule is Cc1cc(C)n(-c2ccc(C(=O)NC(C)CCc3ccccc3Cl)cc2)n1.Cl. The van der Waals surface area contributed by atoms with E-state index < -0.39 is 0 Å². The second-order valence-corrected chi connectivity index (χ2v) is 7.30. The largest absolute Gasteiger partial charge is 0.350 e. The van der Waals surface area contributed by atoms with Crippen molar-refractivity contribution in [2.24, 2.45) is 0 Å². The zero-order valence-corrected chi connectivity index (χ0v) is 17.8. The predicted molar refractivity (Wildman–Crippen MR) is 117 cm³/mol. The number of aryl methyl sites for hydroxylation is 3. The molecule has 0 aliphatic rings. The summed E-state index contributed by atoms with van der Waals surface area (Å²) in [7, 11) is 0. The van der Waals surface area contributed by atoms with Crippen molar-refractivity contribution in [3.05, 3.63) is 82.1 Å². The van der Waals surface area contributed by atoms with Crippen molar-refractivity contribution in [2.45, 2.75) is 39.7 Å². The minimum atomic E-state index is -0.0680. The first kappa shape index (κ1) is 22.0. The van der Waals surface area contributed by atoms with E-state index in [0.29, 0.717) is 5.56 Å². The number of hydrogen-bond acceptors (Lipinski definition) is 2. The molecule has 1 N–H and O–H groups in total. The Morgan fingerprint density at radius 1 is 1.14 bits per heavy atom. The molecular formula is C22H25Cl2N3O. The van der Waals surface area contributed by atoms with E-state index in [4.69, 9.17) is 11.6 Å². The normalized spacial score (nSPS) is 11.6. The van der Waals surface area contributed by atoms with E-state index >= 15 is 0 Å². The average Bonchev–Trinajstić information content (AvgIpc) is 2.99. The molecule has 0 fully saturated rings. The fourth-order valence-corrected chi connectivity index (χ4v) is 3.33. The van der Waals surface area contributed by atoms with Crippen molar-refractivity contribution in [3.63, 3.8) is 0 Å². The second-order valence-electron chi connectivity index (χ2n) is 6.89. The lowest BCUT2D eigenvalue weighted by Gasteiger charge is -2.15. The Hall–Kier alpha value is -2.30. The van der Waals surface area contributed by atoms with Gasteiger partial charge in [0.15, 0.2) is 0 Å². The van der Waals surface area contributed by atoms with Crippen molar-refractivity contribution < 1.29 is 4.79 Å². The third kappa shape index (κ3) is 5.37. The first-order chi connectivity index (χ1) is 12.9. The van der Waals surface area contributed by atoms with E-state index in [2.05, 4.69) is 10.4 Å². The molecule has 0 saturated heterocycles. The van der Waals surface area contributed by atoms with E-state index in [1.165, 1.54) is 0 Å². The third-order valence-electron chi connectivity index (χ3n) is 4.57. The van der Waals surface area contributed by atoms with Crippen LogP contribution in [0.4, 0.5) is 0 Å². The molecule has 1 aromatic heterocycles. The van der Waals surface area contributed by atoms with Gasteiger partial charge in [-0.1, -0.05) is 29.8 Å². The number of carbonyl (C=O) groups is 1. The van der Waals surface area contributed by atoms with Gasteiger partial charge < -0.3 is 5.32 Å². The molecule has 0 aliphatic carbocycles. The van der Waals surface area contributed by atoms with Crippen molar-refractivity contribution in [1.82, 2.24) is 15.1 Å². The number of benzene rings is 2. The van der Waals surface area contributed by atoms with Crippen LogP contribution in [-0.2, 0) is 6.42 Å². The number of aromatic nitrogens is 2. The van der Waals surface area contributed by atoms with Gasteiger partial charge in [-0.2, -0.15) is 5.10 Å². The summed E-state index contributed by atoms with van der Waals surface area (Å²) < 4.78 is 1.88. The summed E-state index contributed by atoms with van der Waals surface area (Å²) in [5, 5.41) is 8.30. The third-order valence-corrected chi connectivity index (χ3v) is 4.93. The van der Waals surface area contributed by atoms with Crippen molar-refractivity contribution in [1.29, 1.82) is 0 Å². The highest BCUT2D eigenvalue weighted by Crippen LogP contribution is 2.17. The summed E-state index contributed by atoms with van der Waals surface area (Å²) in [4.78, 5) is 12.5. The zero-order chi connectivity index (χ0) is 19.4. The maximum absolute atomic E-state index is 12.5. The monoisotopic (exact) mass is 417 g/mol. The van der Waals surface area contributed by atoms with Crippen LogP contribution < -0.4 is 5.32 Å². The van der Waals surface area contributed by atoms with Gasteiger partial charge in [-0.05, 0) is 75.6 Å². The van der Waals surface area contributed by atoms with Crippen molar-refractivity contribution in [2.75, 3.05) is 0 Å². The van der Waals surface area contributed by atoms with Crippen LogP contribution >= 0.6 is 24.0 Å². The van der Waals surface area contributed by atoms with Gasteiger partial charge in [0.1, 0.15) is 0 Å². The van der Waals surface area contributed by atoms with Gasteiger partial charge in [-0.25, -0.2) is 4.68 Å². The molecule has 1 amide bonds. The lowest BCUT2D eigenvalue weighted by molar-refractivity contribution is 0.0938. The van der Waals surface area contributed by atoms with Crippen LogP contribution in [0.1, 0.15) is 40.7 Å². The first-order valence-electron chi connectivity index (χ1n) is 9.12. The highest BCUT2D eigenvalue weighted by Gasteiger charge is 2.11. The molecule has 1 heterocycles. The molecule has 3 rings (SSSR count). The minimum Gasteiger partial charge on any atom is -0.350 e. The van der Waals surface area contributed by atoms with E-state index in [1.807, 2.05) is 80.1 Å². The second kappa shape index (κ2) is 9.76. The molecule has 1 unspecified atom stereocenters. The van der Waals surface area contributed by atoms with Crippen molar-refractivity contribution in [3.8, 4) is 5.69 Å². The maximum Gasteiger partial charge on any atom is 0.251 e. The smallest absolute Gasteiger partial charge is 0.251 e. The lowest BCUT2D eigenvalue weighted by Crippen LogP contribution is -2.32. The van der Waals surface area contributed by atoms with Crippen LogP contribution in [0.3, 0.4) is 0 Å². The molecule has 0 spiro atoms. The highest BCUT2D eigenvalue weighted by molar-refractivity contribution is 6.31. The highest BCUT2D eigenvalue weighted by atomic mass is 35.5.